The van der Waals surface area contributed by atoms with Gasteiger partial charge in [-0.15, -0.1) is 0 Å². The van der Waals surface area contributed by atoms with Crippen molar-refractivity contribution in [2.75, 3.05) is 33.9 Å². The van der Waals surface area contributed by atoms with Crippen LogP contribution < -0.4 is 20.7 Å². The number of alkyl carbamates (subject to hydrolysis) is 1. The van der Waals surface area contributed by atoms with Gasteiger partial charge in [0, 0.05) is 25.9 Å². The number of hydrogen-bond donors (Lipinski definition) is 3. The van der Waals surface area contributed by atoms with E-state index in [9.17, 15) is 14.4 Å². The number of carbonyl (C=O) groups excluding carboxylic acids is 3. The first-order valence-electron chi connectivity index (χ1n) is 12.0. The average Bonchev–Trinajstić information content (AvgIpc) is 2.90. The van der Waals surface area contributed by atoms with Gasteiger partial charge in [-0.3, -0.25) is 9.59 Å². The minimum absolute atomic E-state index is 0.0528. The zero-order valence-electron chi connectivity index (χ0n) is 20.9. The molecule has 1 fully saturated rings. The van der Waals surface area contributed by atoms with Crippen LogP contribution in [0.25, 0.3) is 0 Å². The number of rotatable bonds is 8. The fourth-order valence-electron chi connectivity index (χ4n) is 4.21. The van der Waals surface area contributed by atoms with Crippen LogP contribution in [0.4, 0.5) is 4.79 Å². The monoisotopic (exact) mass is 483 g/mol. The van der Waals surface area contributed by atoms with Gasteiger partial charge in [-0.05, 0) is 30.5 Å². The van der Waals surface area contributed by atoms with Gasteiger partial charge in [-0.2, -0.15) is 0 Å². The van der Waals surface area contributed by atoms with Crippen molar-refractivity contribution in [2.24, 2.45) is 0 Å². The summed E-state index contributed by atoms with van der Waals surface area (Å²) >= 11 is 0. The Hall–Kier alpha value is -3.55. The van der Waals surface area contributed by atoms with Crippen LogP contribution >= 0.6 is 0 Å². The number of methoxy groups -OCH3 is 1. The lowest BCUT2D eigenvalue weighted by Crippen LogP contribution is -2.42. The Balaban J connectivity index is 0.000000334. The minimum atomic E-state index is -0.490. The molecule has 3 amide bonds. The smallest absolute Gasteiger partial charge is 0.406 e. The second kappa shape index (κ2) is 14.7. The zero-order valence-corrected chi connectivity index (χ0v) is 20.9. The molecule has 2 aromatic rings. The van der Waals surface area contributed by atoms with Crippen molar-refractivity contribution in [3.05, 3.63) is 65.7 Å². The highest BCUT2D eigenvalue weighted by molar-refractivity contribution is 5.97. The van der Waals surface area contributed by atoms with E-state index in [1.54, 1.807) is 7.11 Å². The Kier molecular flexibility index (Phi) is 11.6. The maximum Gasteiger partial charge on any atom is 0.406 e. The molecular formula is C27H37N3O5. The highest BCUT2D eigenvalue weighted by Gasteiger charge is 2.34. The molecule has 1 saturated carbocycles. The predicted octanol–water partition coefficient (Wildman–Crippen LogP) is 3.81. The lowest BCUT2D eigenvalue weighted by atomic mass is 9.69. The number of amides is 3. The number of nitrogens with one attached hydrogen (secondary N) is 3. The lowest BCUT2D eigenvalue weighted by Gasteiger charge is -2.38. The fraction of sp³-hybridized carbons (Fsp3) is 0.444. The van der Waals surface area contributed by atoms with Gasteiger partial charge < -0.3 is 25.4 Å². The van der Waals surface area contributed by atoms with E-state index in [0.717, 1.165) is 12.8 Å². The van der Waals surface area contributed by atoms with Crippen LogP contribution in [0.3, 0.4) is 0 Å². The summed E-state index contributed by atoms with van der Waals surface area (Å²) in [5, 5.41) is 7.92. The van der Waals surface area contributed by atoms with E-state index in [0.29, 0.717) is 24.4 Å². The summed E-state index contributed by atoms with van der Waals surface area (Å²) in [5.74, 6) is 0.422. The summed E-state index contributed by atoms with van der Waals surface area (Å²) in [6, 6.07) is 18.0. The van der Waals surface area contributed by atoms with Crippen molar-refractivity contribution >= 4 is 17.9 Å². The molecule has 0 aliphatic heterocycles. The molecule has 0 saturated heterocycles. The molecule has 2 aromatic carbocycles. The van der Waals surface area contributed by atoms with Crippen molar-refractivity contribution in [1.82, 2.24) is 16.0 Å². The number of ether oxygens (including phenoxy) is 2. The van der Waals surface area contributed by atoms with Crippen LogP contribution in [0.2, 0.25) is 0 Å². The van der Waals surface area contributed by atoms with Crippen molar-refractivity contribution in [1.29, 1.82) is 0 Å². The molecular weight excluding hydrogens is 446 g/mol. The second-order valence-corrected chi connectivity index (χ2v) is 8.46. The summed E-state index contributed by atoms with van der Waals surface area (Å²) in [4.78, 5) is 33.4. The van der Waals surface area contributed by atoms with Crippen LogP contribution in [-0.4, -0.2) is 51.8 Å². The molecule has 0 radical (unpaired) electrons. The van der Waals surface area contributed by atoms with Crippen LogP contribution in [0.1, 0.15) is 54.9 Å². The van der Waals surface area contributed by atoms with Crippen molar-refractivity contribution in [3.63, 3.8) is 0 Å². The van der Waals surface area contributed by atoms with Crippen molar-refractivity contribution in [2.45, 2.75) is 44.4 Å². The third kappa shape index (κ3) is 8.96. The first-order valence-corrected chi connectivity index (χ1v) is 12.0. The Morgan fingerprint density at radius 3 is 2.20 bits per heavy atom. The molecule has 3 N–H and O–H groups in total. The summed E-state index contributed by atoms with van der Waals surface area (Å²) in [5.41, 5.74) is 1.99. The van der Waals surface area contributed by atoms with Gasteiger partial charge in [-0.25, -0.2) is 4.79 Å². The Bertz CT molecular complexity index is 943. The van der Waals surface area contributed by atoms with E-state index >= 15 is 0 Å². The topological polar surface area (TPSA) is 106 Å². The summed E-state index contributed by atoms with van der Waals surface area (Å²) in [7, 11) is 3.07. The highest BCUT2D eigenvalue weighted by Crippen LogP contribution is 2.39. The average molecular weight is 484 g/mol. The SMILES string of the molecule is CNC(=O)OCCNC(C)=O.COc1ccccc1C(=O)NCC1(c2ccccc2)CCCCC1. The number of carbonyl (C=O) groups is 3. The normalized spacial score (nSPS) is 13.9. The van der Waals surface area contributed by atoms with Gasteiger partial charge in [0.1, 0.15) is 12.4 Å². The van der Waals surface area contributed by atoms with Crippen LogP contribution in [-0.2, 0) is 14.9 Å². The van der Waals surface area contributed by atoms with Gasteiger partial charge in [0.25, 0.3) is 5.91 Å². The van der Waals surface area contributed by atoms with Crippen LogP contribution in [0.5, 0.6) is 5.75 Å². The standard InChI is InChI=1S/C21H25NO2.C6H12N2O3/c1-24-19-13-7-6-12-18(19)20(23)22-16-21(14-8-3-9-15-21)17-10-4-2-5-11-17;1-5(9)8-3-4-11-6(10)7-2/h2,4-7,10-13H,3,8-9,14-16H2,1H3,(H,22,23);3-4H2,1-2H3,(H,7,10)(H,8,9). The van der Waals surface area contributed by atoms with Gasteiger partial charge in [0.2, 0.25) is 5.91 Å². The maximum atomic E-state index is 12.6. The van der Waals surface area contributed by atoms with E-state index in [-0.39, 0.29) is 23.8 Å². The van der Waals surface area contributed by atoms with Crippen LogP contribution in [0.15, 0.2) is 54.6 Å². The van der Waals surface area contributed by atoms with E-state index in [1.165, 1.54) is 38.8 Å². The molecule has 8 nitrogen and oxygen atoms in total. The first kappa shape index (κ1) is 27.7. The third-order valence-electron chi connectivity index (χ3n) is 6.05. The molecule has 3 rings (SSSR count). The lowest BCUT2D eigenvalue weighted by molar-refractivity contribution is -0.119. The molecule has 0 aromatic heterocycles. The van der Waals surface area contributed by atoms with E-state index in [4.69, 9.17) is 4.74 Å². The number of benzene rings is 2. The Morgan fingerprint density at radius 2 is 1.57 bits per heavy atom. The quantitative estimate of drug-likeness (QED) is 0.495. The van der Waals surface area contributed by atoms with Gasteiger partial charge >= 0.3 is 6.09 Å². The van der Waals surface area contributed by atoms with E-state index < -0.39 is 6.09 Å². The molecule has 0 spiro atoms. The molecule has 1 aliphatic carbocycles. The molecule has 0 unspecified atom stereocenters. The minimum Gasteiger partial charge on any atom is -0.496 e. The fourth-order valence-corrected chi connectivity index (χ4v) is 4.21. The molecule has 0 atom stereocenters. The Morgan fingerprint density at radius 1 is 0.914 bits per heavy atom. The molecule has 35 heavy (non-hydrogen) atoms. The second-order valence-electron chi connectivity index (χ2n) is 8.46. The molecule has 8 heteroatoms. The largest absolute Gasteiger partial charge is 0.496 e. The van der Waals surface area contributed by atoms with E-state index in [2.05, 4.69) is 45.0 Å². The summed E-state index contributed by atoms with van der Waals surface area (Å²) in [6.45, 7) is 2.62. The van der Waals surface area contributed by atoms with E-state index in [1.807, 2.05) is 30.3 Å². The summed E-state index contributed by atoms with van der Waals surface area (Å²) in [6.07, 6.45) is 5.50. The summed E-state index contributed by atoms with van der Waals surface area (Å²) < 4.78 is 9.88. The Labute approximate surface area is 207 Å². The molecule has 0 heterocycles. The third-order valence-corrected chi connectivity index (χ3v) is 6.05. The molecule has 0 bridgehead atoms. The van der Waals surface area contributed by atoms with Gasteiger partial charge in [0.05, 0.1) is 19.2 Å². The van der Waals surface area contributed by atoms with Gasteiger partial charge in [0.15, 0.2) is 0 Å². The highest BCUT2D eigenvalue weighted by atomic mass is 16.5. The molecule has 190 valence electrons. The zero-order chi connectivity index (χ0) is 25.5. The van der Waals surface area contributed by atoms with Gasteiger partial charge in [-0.1, -0.05) is 61.7 Å². The number of hydrogen-bond acceptors (Lipinski definition) is 5. The van der Waals surface area contributed by atoms with Crippen molar-refractivity contribution in [3.8, 4) is 5.75 Å². The number of para-hydroxylation sites is 1. The van der Waals surface area contributed by atoms with Crippen LogP contribution in [0, 0.1) is 0 Å². The first-order chi connectivity index (χ1) is 16.9. The maximum absolute atomic E-state index is 12.6. The molecule has 1 aliphatic rings. The predicted molar refractivity (Wildman–Crippen MR) is 136 cm³/mol. The van der Waals surface area contributed by atoms with Crippen molar-refractivity contribution < 1.29 is 23.9 Å².